The lowest BCUT2D eigenvalue weighted by atomic mass is 10.1. The Labute approximate surface area is 201 Å². The van der Waals surface area contributed by atoms with Gasteiger partial charge in [0.25, 0.3) is 11.9 Å². The SMILES string of the molecule is O=C(Nc1ccc(OC2CC3CC3C2)c(F)c1)c1nc(N2CCC3CCCC32)oc1CC(F)(F)F.[HH]. The maximum Gasteiger partial charge on any atom is 0.396 e. The van der Waals surface area contributed by atoms with Gasteiger partial charge in [0.05, 0.1) is 6.10 Å². The molecule has 1 N–H and O–H groups in total. The number of carbonyl (C=O) groups excluding carboxylic acids is 1. The van der Waals surface area contributed by atoms with E-state index in [1.165, 1.54) is 18.6 Å². The smallest absolute Gasteiger partial charge is 0.396 e. The molecule has 3 saturated carbocycles. The standard InChI is InChI=1S/C25H27F4N3O3.H2/c26-18-11-16(4-5-20(18)34-17-9-14-8-15(14)10-17)30-23(33)22-21(12-25(27,28)29)35-24(31-22)32-7-6-13-2-1-3-19(13)32;/h4-5,11,13-15,17,19H,1-3,6-10,12H2,(H,30,33);1H. The number of anilines is 2. The van der Waals surface area contributed by atoms with Crippen molar-refractivity contribution in [1.82, 2.24) is 4.98 Å². The largest absolute Gasteiger partial charge is 0.487 e. The van der Waals surface area contributed by atoms with E-state index in [0.29, 0.717) is 24.3 Å². The van der Waals surface area contributed by atoms with E-state index in [4.69, 9.17) is 9.15 Å². The highest BCUT2D eigenvalue weighted by molar-refractivity contribution is 6.03. The molecule has 1 saturated heterocycles. The lowest BCUT2D eigenvalue weighted by Gasteiger charge is -2.21. The summed E-state index contributed by atoms with van der Waals surface area (Å²) in [6.07, 6.45) is 1.10. The highest BCUT2D eigenvalue weighted by Gasteiger charge is 2.47. The number of amides is 1. The average molecular weight is 496 g/mol. The molecule has 1 aliphatic heterocycles. The lowest BCUT2D eigenvalue weighted by Crippen LogP contribution is -2.30. The first kappa shape index (κ1) is 22.7. The van der Waals surface area contributed by atoms with Crippen molar-refractivity contribution in [2.45, 2.75) is 69.7 Å². The van der Waals surface area contributed by atoms with Crippen molar-refractivity contribution in [3.05, 3.63) is 35.5 Å². The van der Waals surface area contributed by atoms with E-state index in [1.807, 2.05) is 4.90 Å². The molecule has 0 radical (unpaired) electrons. The topological polar surface area (TPSA) is 67.6 Å². The monoisotopic (exact) mass is 495 g/mol. The first-order valence-electron chi connectivity index (χ1n) is 12.3. The quantitative estimate of drug-likeness (QED) is 0.500. The molecule has 35 heavy (non-hydrogen) atoms. The number of halogens is 4. The van der Waals surface area contributed by atoms with Crippen LogP contribution in [0.15, 0.2) is 22.6 Å². The van der Waals surface area contributed by atoms with Gasteiger partial charge in [0.15, 0.2) is 17.3 Å². The molecule has 4 atom stereocenters. The number of nitrogens with one attached hydrogen (secondary N) is 1. The molecule has 1 aromatic heterocycles. The van der Waals surface area contributed by atoms with Crippen molar-refractivity contribution < 1.29 is 32.9 Å². The predicted molar refractivity (Wildman–Crippen MR) is 121 cm³/mol. The van der Waals surface area contributed by atoms with Crippen LogP contribution < -0.4 is 15.0 Å². The summed E-state index contributed by atoms with van der Waals surface area (Å²) in [4.78, 5) is 19.0. The molecular weight excluding hydrogens is 466 g/mol. The molecular formula is C25H29F4N3O3. The Morgan fingerprint density at radius 1 is 1.17 bits per heavy atom. The van der Waals surface area contributed by atoms with Crippen LogP contribution in [0.1, 0.15) is 62.6 Å². The fourth-order valence-electron chi connectivity index (χ4n) is 6.21. The molecule has 6 nitrogen and oxygen atoms in total. The maximum atomic E-state index is 14.6. The lowest BCUT2D eigenvalue weighted by molar-refractivity contribution is -0.130. The maximum absolute atomic E-state index is 14.6. The van der Waals surface area contributed by atoms with Crippen molar-refractivity contribution in [3.8, 4) is 5.75 Å². The van der Waals surface area contributed by atoms with Crippen molar-refractivity contribution in [1.29, 1.82) is 0 Å². The second-order valence-corrected chi connectivity index (χ2v) is 10.4. The van der Waals surface area contributed by atoms with Gasteiger partial charge < -0.3 is 19.4 Å². The molecule has 4 unspecified atom stereocenters. The minimum atomic E-state index is -4.57. The van der Waals surface area contributed by atoms with E-state index in [1.54, 1.807) is 0 Å². The van der Waals surface area contributed by atoms with Gasteiger partial charge >= 0.3 is 6.18 Å². The first-order valence-corrected chi connectivity index (χ1v) is 12.3. The number of benzene rings is 1. The number of carbonyl (C=O) groups is 1. The molecule has 1 amide bonds. The van der Waals surface area contributed by atoms with Crippen molar-refractivity contribution in [3.63, 3.8) is 0 Å². The van der Waals surface area contributed by atoms with Crippen LogP contribution in [-0.4, -0.2) is 35.8 Å². The number of hydrogen-bond donors (Lipinski definition) is 1. The van der Waals surface area contributed by atoms with Gasteiger partial charge in [0, 0.05) is 25.8 Å². The van der Waals surface area contributed by atoms with Crippen molar-refractivity contribution >= 4 is 17.6 Å². The number of hydrogen-bond acceptors (Lipinski definition) is 5. The summed E-state index contributed by atoms with van der Waals surface area (Å²) in [5, 5.41) is 2.47. The summed E-state index contributed by atoms with van der Waals surface area (Å²) < 4.78 is 65.5. The Kier molecular flexibility index (Phi) is 5.45. The van der Waals surface area contributed by atoms with Crippen LogP contribution in [0.3, 0.4) is 0 Å². The third kappa shape index (κ3) is 4.59. The van der Waals surface area contributed by atoms with E-state index >= 15 is 0 Å². The molecule has 0 spiro atoms. The van der Waals surface area contributed by atoms with Crippen LogP contribution in [0.2, 0.25) is 0 Å². The van der Waals surface area contributed by atoms with Gasteiger partial charge in [0.1, 0.15) is 12.2 Å². The summed E-state index contributed by atoms with van der Waals surface area (Å²) in [6.45, 7) is 0.636. The van der Waals surface area contributed by atoms with Crippen LogP contribution in [0.4, 0.5) is 29.3 Å². The van der Waals surface area contributed by atoms with Crippen LogP contribution in [0.5, 0.6) is 5.75 Å². The fourth-order valence-corrected chi connectivity index (χ4v) is 6.21. The number of nitrogens with zero attached hydrogens (tertiary/aromatic N) is 2. The predicted octanol–water partition coefficient (Wildman–Crippen LogP) is 5.97. The summed E-state index contributed by atoms with van der Waals surface area (Å²) in [5.41, 5.74) is -0.321. The summed E-state index contributed by atoms with van der Waals surface area (Å²) in [7, 11) is 0. The van der Waals surface area contributed by atoms with Crippen LogP contribution in [0, 0.1) is 23.6 Å². The first-order chi connectivity index (χ1) is 16.7. The molecule has 6 rings (SSSR count). The number of fused-ring (bicyclic) bond motifs is 2. The molecule has 190 valence electrons. The van der Waals surface area contributed by atoms with Crippen LogP contribution in [-0.2, 0) is 6.42 Å². The Morgan fingerprint density at radius 2 is 1.97 bits per heavy atom. The molecule has 4 fully saturated rings. The molecule has 0 bridgehead atoms. The van der Waals surface area contributed by atoms with Gasteiger partial charge in [-0.3, -0.25) is 4.79 Å². The van der Waals surface area contributed by atoms with Gasteiger partial charge in [-0.1, -0.05) is 6.42 Å². The molecule has 2 heterocycles. The third-order valence-corrected chi connectivity index (χ3v) is 7.95. The van der Waals surface area contributed by atoms with Crippen molar-refractivity contribution in [2.24, 2.45) is 17.8 Å². The van der Waals surface area contributed by atoms with E-state index in [-0.39, 0.29) is 31.0 Å². The van der Waals surface area contributed by atoms with Gasteiger partial charge in [-0.15, -0.1) is 0 Å². The van der Waals surface area contributed by atoms with Gasteiger partial charge in [-0.25, -0.2) is 4.39 Å². The number of rotatable bonds is 6. The highest BCUT2D eigenvalue weighted by atomic mass is 19.4. The fraction of sp³-hybridized carbons (Fsp3) is 0.600. The van der Waals surface area contributed by atoms with Gasteiger partial charge in [-0.05, 0) is 68.4 Å². The number of oxazole rings is 1. The van der Waals surface area contributed by atoms with Crippen LogP contribution in [0.25, 0.3) is 0 Å². The van der Waals surface area contributed by atoms with Gasteiger partial charge in [-0.2, -0.15) is 18.2 Å². The van der Waals surface area contributed by atoms with E-state index in [0.717, 1.165) is 44.6 Å². The molecule has 1 aromatic carbocycles. The normalized spacial score (nSPS) is 29.3. The Bertz CT molecular complexity index is 1130. The third-order valence-electron chi connectivity index (χ3n) is 7.95. The van der Waals surface area contributed by atoms with Crippen LogP contribution >= 0.6 is 0 Å². The second-order valence-electron chi connectivity index (χ2n) is 10.4. The summed E-state index contributed by atoms with van der Waals surface area (Å²) >= 11 is 0. The number of ether oxygens (including phenoxy) is 1. The highest BCUT2D eigenvalue weighted by Crippen LogP contribution is 2.52. The molecule has 3 aliphatic carbocycles. The average Bonchev–Trinajstić information content (AvgIpc) is 3.24. The molecule has 10 heteroatoms. The van der Waals surface area contributed by atoms with Crippen molar-refractivity contribution in [2.75, 3.05) is 16.8 Å². The minimum absolute atomic E-state index is 0. The molecule has 4 aliphatic rings. The Morgan fingerprint density at radius 3 is 2.71 bits per heavy atom. The summed E-state index contributed by atoms with van der Waals surface area (Å²) in [6, 6.07) is 4.24. The Balaban J connectivity index is 0.00000267. The number of aromatic nitrogens is 1. The zero-order valence-corrected chi connectivity index (χ0v) is 19.1. The second kappa shape index (κ2) is 8.41. The number of alkyl halides is 3. The van der Waals surface area contributed by atoms with E-state index < -0.39 is 35.8 Å². The zero-order chi connectivity index (χ0) is 24.3. The van der Waals surface area contributed by atoms with Gasteiger partial charge in [0.2, 0.25) is 0 Å². The van der Waals surface area contributed by atoms with E-state index in [9.17, 15) is 22.4 Å². The summed E-state index contributed by atoms with van der Waals surface area (Å²) in [5.74, 6) is -0.0685. The van der Waals surface area contributed by atoms with E-state index in [2.05, 4.69) is 10.3 Å². The minimum Gasteiger partial charge on any atom is -0.487 e. The molecule has 2 aromatic rings. The zero-order valence-electron chi connectivity index (χ0n) is 19.1. The Hall–Kier alpha value is -2.78.